The van der Waals surface area contributed by atoms with Gasteiger partial charge < -0.3 is 20.5 Å². The topological polar surface area (TPSA) is 70.6 Å². The van der Waals surface area contributed by atoms with Crippen molar-refractivity contribution >= 4 is 6.09 Å². The fourth-order valence-electron chi connectivity index (χ4n) is 2.04. The van der Waals surface area contributed by atoms with Crippen molar-refractivity contribution in [2.45, 2.75) is 51.9 Å². The summed E-state index contributed by atoms with van der Waals surface area (Å²) in [6.45, 7) is 8.60. The van der Waals surface area contributed by atoms with Crippen LogP contribution in [0.2, 0.25) is 0 Å². The molecule has 0 aliphatic rings. The average molecular weight is 308 g/mol. The van der Waals surface area contributed by atoms with Crippen LogP contribution in [-0.2, 0) is 11.2 Å². The number of nitrogens with one attached hydrogen (secondary N) is 2. The molecule has 0 unspecified atom stereocenters. The molecule has 0 saturated heterocycles. The van der Waals surface area contributed by atoms with Gasteiger partial charge in [-0.25, -0.2) is 4.79 Å². The van der Waals surface area contributed by atoms with E-state index in [-0.39, 0.29) is 0 Å². The minimum atomic E-state index is -0.687. The third kappa shape index (κ3) is 7.43. The number of benzene rings is 1. The molecule has 1 aromatic carbocycles. The summed E-state index contributed by atoms with van der Waals surface area (Å²) in [5.74, 6) is 0. The quantitative estimate of drug-likeness (QED) is 0.721. The van der Waals surface area contributed by atoms with Crippen molar-refractivity contribution in [3.05, 3.63) is 35.9 Å². The maximum atomic E-state index is 12.0. The van der Waals surface area contributed by atoms with Gasteiger partial charge in [0, 0.05) is 6.54 Å². The van der Waals surface area contributed by atoms with E-state index >= 15 is 0 Å². The van der Waals surface area contributed by atoms with Gasteiger partial charge in [0.2, 0.25) is 0 Å². The van der Waals surface area contributed by atoms with Crippen LogP contribution in [0.3, 0.4) is 0 Å². The van der Waals surface area contributed by atoms with Gasteiger partial charge in [0.05, 0.1) is 12.1 Å². The van der Waals surface area contributed by atoms with Crippen molar-refractivity contribution in [3.8, 4) is 0 Å². The molecule has 3 N–H and O–H groups in total. The van der Waals surface area contributed by atoms with E-state index in [0.717, 1.165) is 12.1 Å². The van der Waals surface area contributed by atoms with Crippen LogP contribution in [0.5, 0.6) is 0 Å². The van der Waals surface area contributed by atoms with Gasteiger partial charge in [0.25, 0.3) is 0 Å². The van der Waals surface area contributed by atoms with Gasteiger partial charge in [0.1, 0.15) is 5.60 Å². The first kappa shape index (κ1) is 18.5. The number of hydrogen-bond donors (Lipinski definition) is 3. The first-order valence-electron chi connectivity index (χ1n) is 7.74. The van der Waals surface area contributed by atoms with E-state index in [1.54, 1.807) is 0 Å². The summed E-state index contributed by atoms with van der Waals surface area (Å²) in [5, 5.41) is 16.2. The predicted octanol–water partition coefficient (Wildman–Crippen LogP) is 2.09. The van der Waals surface area contributed by atoms with Crippen LogP contribution in [-0.4, -0.2) is 42.0 Å². The number of alkyl carbamates (subject to hydrolysis) is 1. The molecular formula is C17H28N2O3. The number of ether oxygens (including phenoxy) is 1. The van der Waals surface area contributed by atoms with E-state index in [1.807, 2.05) is 58.0 Å². The Hall–Kier alpha value is -1.59. The van der Waals surface area contributed by atoms with E-state index in [4.69, 9.17) is 4.74 Å². The summed E-state index contributed by atoms with van der Waals surface area (Å²) in [6, 6.07) is 9.37. The minimum absolute atomic E-state index is 0.406. The molecule has 0 bridgehead atoms. The molecule has 1 rings (SSSR count). The number of amides is 1. The maximum absolute atomic E-state index is 12.0. The molecule has 5 nitrogen and oxygen atoms in total. The zero-order valence-corrected chi connectivity index (χ0v) is 13.9. The van der Waals surface area contributed by atoms with Crippen molar-refractivity contribution in [2.24, 2.45) is 0 Å². The van der Waals surface area contributed by atoms with Crippen LogP contribution in [0, 0.1) is 0 Å². The van der Waals surface area contributed by atoms with Crippen molar-refractivity contribution < 1.29 is 14.6 Å². The summed E-state index contributed by atoms with van der Waals surface area (Å²) in [7, 11) is 0. The number of carbonyl (C=O) groups excluding carboxylic acids is 1. The lowest BCUT2D eigenvalue weighted by Gasteiger charge is -2.27. The minimum Gasteiger partial charge on any atom is -0.444 e. The number of likely N-dealkylation sites (N-methyl/N-ethyl adjacent to an activating group) is 1. The molecule has 0 spiro atoms. The van der Waals surface area contributed by atoms with Crippen LogP contribution in [0.25, 0.3) is 0 Å². The molecule has 0 aliphatic heterocycles. The molecule has 0 fully saturated rings. The van der Waals surface area contributed by atoms with E-state index in [1.165, 1.54) is 0 Å². The zero-order chi connectivity index (χ0) is 16.6. The second kappa shape index (κ2) is 8.76. The van der Waals surface area contributed by atoms with E-state index in [0.29, 0.717) is 13.0 Å². The summed E-state index contributed by atoms with van der Waals surface area (Å²) < 4.78 is 5.28. The third-order valence-electron chi connectivity index (χ3n) is 3.07. The predicted molar refractivity (Wildman–Crippen MR) is 87.9 cm³/mol. The Kier molecular flexibility index (Phi) is 7.35. The van der Waals surface area contributed by atoms with Gasteiger partial charge in [0.15, 0.2) is 0 Å². The smallest absolute Gasteiger partial charge is 0.407 e. The van der Waals surface area contributed by atoms with Gasteiger partial charge in [-0.3, -0.25) is 0 Å². The Morgan fingerprint density at radius 2 is 1.91 bits per heavy atom. The fourth-order valence-corrected chi connectivity index (χ4v) is 2.04. The summed E-state index contributed by atoms with van der Waals surface area (Å²) in [4.78, 5) is 12.0. The molecule has 2 atom stereocenters. The van der Waals surface area contributed by atoms with Crippen LogP contribution in [0.15, 0.2) is 30.3 Å². The van der Waals surface area contributed by atoms with Gasteiger partial charge in [-0.1, -0.05) is 37.3 Å². The maximum Gasteiger partial charge on any atom is 0.407 e. The van der Waals surface area contributed by atoms with Crippen molar-refractivity contribution in [3.63, 3.8) is 0 Å². The molecule has 0 radical (unpaired) electrons. The summed E-state index contributed by atoms with van der Waals surface area (Å²) in [6.07, 6.45) is -0.649. The lowest BCUT2D eigenvalue weighted by atomic mass is 10.0. The van der Waals surface area contributed by atoms with Crippen LogP contribution in [0.1, 0.15) is 33.3 Å². The molecule has 5 heteroatoms. The highest BCUT2D eigenvalue weighted by Gasteiger charge is 2.24. The standard InChI is InChI=1S/C17H28N2O3/c1-5-18-12-15(20)14(11-13-9-7-6-8-10-13)19-16(21)22-17(2,3)4/h6-10,14-15,18,20H,5,11-12H2,1-4H3,(H,19,21)/t14-,15+/m0/s1. The first-order chi connectivity index (χ1) is 10.3. The molecule has 0 saturated carbocycles. The summed E-state index contributed by atoms with van der Waals surface area (Å²) in [5.41, 5.74) is 0.493. The Morgan fingerprint density at radius 3 is 2.45 bits per heavy atom. The second-order valence-corrected chi connectivity index (χ2v) is 6.32. The van der Waals surface area contributed by atoms with Crippen molar-refractivity contribution in [1.82, 2.24) is 10.6 Å². The second-order valence-electron chi connectivity index (χ2n) is 6.32. The highest BCUT2D eigenvalue weighted by Crippen LogP contribution is 2.10. The largest absolute Gasteiger partial charge is 0.444 e. The lowest BCUT2D eigenvalue weighted by molar-refractivity contribution is 0.0423. The lowest BCUT2D eigenvalue weighted by Crippen LogP contribution is -2.50. The monoisotopic (exact) mass is 308 g/mol. The molecule has 0 heterocycles. The number of hydrogen-bond acceptors (Lipinski definition) is 4. The van der Waals surface area contributed by atoms with E-state index in [9.17, 15) is 9.90 Å². The van der Waals surface area contributed by atoms with E-state index in [2.05, 4.69) is 10.6 Å². The van der Waals surface area contributed by atoms with Gasteiger partial charge in [-0.05, 0) is 39.3 Å². The Bertz CT molecular complexity index is 443. The highest BCUT2D eigenvalue weighted by atomic mass is 16.6. The SMILES string of the molecule is CCNC[C@@H](O)[C@H](Cc1ccccc1)NC(=O)OC(C)(C)C. The van der Waals surface area contributed by atoms with Gasteiger partial charge in [-0.2, -0.15) is 0 Å². The Balaban J connectivity index is 2.71. The van der Waals surface area contributed by atoms with Crippen LogP contribution < -0.4 is 10.6 Å². The number of rotatable bonds is 7. The Morgan fingerprint density at radius 1 is 1.27 bits per heavy atom. The molecule has 1 amide bonds. The zero-order valence-electron chi connectivity index (χ0n) is 13.9. The summed E-state index contributed by atoms with van der Waals surface area (Å²) >= 11 is 0. The molecule has 0 aromatic heterocycles. The molecule has 1 aromatic rings. The normalized spacial score (nSPS) is 14.2. The number of aliphatic hydroxyl groups excluding tert-OH is 1. The molecular weight excluding hydrogens is 280 g/mol. The highest BCUT2D eigenvalue weighted by molar-refractivity contribution is 5.68. The fraction of sp³-hybridized carbons (Fsp3) is 0.588. The van der Waals surface area contributed by atoms with Crippen molar-refractivity contribution in [2.75, 3.05) is 13.1 Å². The number of aliphatic hydroxyl groups is 1. The van der Waals surface area contributed by atoms with Crippen molar-refractivity contribution in [1.29, 1.82) is 0 Å². The van der Waals surface area contributed by atoms with E-state index < -0.39 is 23.8 Å². The molecule has 124 valence electrons. The van der Waals surface area contributed by atoms with Gasteiger partial charge in [-0.15, -0.1) is 0 Å². The van der Waals surface area contributed by atoms with Crippen LogP contribution in [0.4, 0.5) is 4.79 Å². The average Bonchev–Trinajstić information content (AvgIpc) is 2.43. The Labute approximate surface area is 133 Å². The molecule has 0 aliphatic carbocycles. The number of carbonyl (C=O) groups is 1. The third-order valence-corrected chi connectivity index (χ3v) is 3.07. The first-order valence-corrected chi connectivity index (χ1v) is 7.74. The van der Waals surface area contributed by atoms with Crippen LogP contribution >= 0.6 is 0 Å². The molecule has 22 heavy (non-hydrogen) atoms. The van der Waals surface area contributed by atoms with Gasteiger partial charge >= 0.3 is 6.09 Å².